The molecule has 0 aliphatic carbocycles. The van der Waals surface area contributed by atoms with Crippen LogP contribution >= 0.6 is 11.8 Å². The molecule has 122 valence electrons. The first kappa shape index (κ1) is 15.1. The predicted octanol–water partition coefficient (Wildman–Crippen LogP) is 3.50. The van der Waals surface area contributed by atoms with Crippen molar-refractivity contribution in [3.63, 3.8) is 0 Å². The number of hydrogen-bond acceptors (Lipinski definition) is 4. The van der Waals surface area contributed by atoms with Crippen molar-refractivity contribution in [1.82, 2.24) is 14.9 Å². The number of aromatic amines is 1. The molecule has 0 bridgehead atoms. The van der Waals surface area contributed by atoms with E-state index in [1.54, 1.807) is 0 Å². The predicted molar refractivity (Wildman–Crippen MR) is 99.0 cm³/mol. The highest BCUT2D eigenvalue weighted by atomic mass is 32.2. The maximum atomic E-state index is 12.5. The van der Waals surface area contributed by atoms with Crippen LogP contribution in [0.3, 0.4) is 0 Å². The Morgan fingerprint density at radius 3 is 2.88 bits per heavy atom. The van der Waals surface area contributed by atoms with Crippen LogP contribution < -0.4 is 5.32 Å². The molecule has 1 aliphatic rings. The van der Waals surface area contributed by atoms with E-state index in [9.17, 15) is 4.79 Å². The van der Waals surface area contributed by atoms with Gasteiger partial charge in [0.15, 0.2) is 0 Å². The molecular weight excluding hydrogens is 320 g/mol. The number of rotatable bonds is 3. The summed E-state index contributed by atoms with van der Waals surface area (Å²) >= 11 is 1.89. The highest BCUT2D eigenvalue weighted by Gasteiger charge is 2.19. The normalized spacial score (nSPS) is 14.8. The molecule has 24 heavy (non-hydrogen) atoms. The van der Waals surface area contributed by atoms with Gasteiger partial charge in [-0.25, -0.2) is 4.98 Å². The molecule has 6 heteroatoms. The van der Waals surface area contributed by atoms with Crippen molar-refractivity contribution in [1.29, 1.82) is 0 Å². The number of aromatic nitrogens is 2. The molecule has 0 radical (unpaired) electrons. The minimum absolute atomic E-state index is 0.0646. The lowest BCUT2D eigenvalue weighted by molar-refractivity contribution is 0.0767. The van der Waals surface area contributed by atoms with Gasteiger partial charge in [-0.05, 0) is 24.3 Å². The third-order valence-electron chi connectivity index (χ3n) is 4.08. The van der Waals surface area contributed by atoms with Gasteiger partial charge in [0.2, 0.25) is 0 Å². The second-order valence-corrected chi connectivity index (χ2v) is 6.95. The quantitative estimate of drug-likeness (QED) is 0.767. The molecule has 0 atom stereocenters. The van der Waals surface area contributed by atoms with Crippen LogP contribution in [0.5, 0.6) is 0 Å². The van der Waals surface area contributed by atoms with Gasteiger partial charge in [-0.15, -0.1) is 0 Å². The molecule has 0 unspecified atom stereocenters. The van der Waals surface area contributed by atoms with Crippen LogP contribution in [-0.4, -0.2) is 45.4 Å². The number of hydrogen-bond donors (Lipinski definition) is 2. The number of para-hydroxylation sites is 1. The molecule has 1 aliphatic heterocycles. The monoisotopic (exact) mass is 338 g/mol. The first-order valence-corrected chi connectivity index (χ1v) is 9.13. The van der Waals surface area contributed by atoms with Crippen LogP contribution in [-0.2, 0) is 0 Å². The summed E-state index contributed by atoms with van der Waals surface area (Å²) in [5.74, 6) is 2.85. The lowest BCUT2D eigenvalue weighted by Gasteiger charge is -2.25. The first-order chi connectivity index (χ1) is 11.8. The Bertz CT molecular complexity index is 870. The Balaban J connectivity index is 1.50. The fraction of sp³-hybridized carbons (Fsp3) is 0.222. The van der Waals surface area contributed by atoms with E-state index in [1.165, 1.54) is 0 Å². The SMILES string of the molecule is O=C(c1cc(Nc2ccc3ccccc3n2)c[nH]1)N1CCSCC1. The van der Waals surface area contributed by atoms with Crippen LogP contribution in [0.4, 0.5) is 11.5 Å². The van der Waals surface area contributed by atoms with Crippen LogP contribution in [0, 0.1) is 0 Å². The van der Waals surface area contributed by atoms with Crippen LogP contribution in [0.2, 0.25) is 0 Å². The van der Waals surface area contributed by atoms with E-state index in [-0.39, 0.29) is 5.91 Å². The van der Waals surface area contributed by atoms with E-state index in [0.717, 1.165) is 47.0 Å². The molecule has 1 saturated heterocycles. The van der Waals surface area contributed by atoms with Gasteiger partial charge in [-0.1, -0.05) is 18.2 Å². The van der Waals surface area contributed by atoms with Gasteiger partial charge in [-0.2, -0.15) is 11.8 Å². The van der Waals surface area contributed by atoms with Crippen molar-refractivity contribution in [2.24, 2.45) is 0 Å². The molecule has 1 aromatic carbocycles. The Labute approximate surface area is 144 Å². The van der Waals surface area contributed by atoms with Crippen molar-refractivity contribution in [3.05, 3.63) is 54.4 Å². The minimum atomic E-state index is 0.0646. The number of thioether (sulfide) groups is 1. The second kappa shape index (κ2) is 6.57. The van der Waals surface area contributed by atoms with Gasteiger partial charge in [0.25, 0.3) is 5.91 Å². The molecule has 3 aromatic rings. The highest BCUT2D eigenvalue weighted by molar-refractivity contribution is 7.99. The Kier molecular flexibility index (Phi) is 4.13. The number of benzene rings is 1. The zero-order valence-electron chi connectivity index (χ0n) is 13.2. The molecule has 4 rings (SSSR count). The second-order valence-electron chi connectivity index (χ2n) is 5.72. The third-order valence-corrected chi connectivity index (χ3v) is 5.03. The van der Waals surface area contributed by atoms with Gasteiger partial charge in [-0.3, -0.25) is 4.79 Å². The van der Waals surface area contributed by atoms with Crippen molar-refractivity contribution < 1.29 is 4.79 Å². The molecule has 1 fully saturated rings. The number of nitrogens with zero attached hydrogens (tertiary/aromatic N) is 2. The number of pyridine rings is 1. The summed E-state index contributed by atoms with van der Waals surface area (Å²) in [6, 6.07) is 13.8. The van der Waals surface area contributed by atoms with Crippen molar-refractivity contribution in [2.75, 3.05) is 29.9 Å². The van der Waals surface area contributed by atoms with Crippen LogP contribution in [0.1, 0.15) is 10.5 Å². The Morgan fingerprint density at radius 2 is 2.00 bits per heavy atom. The van der Waals surface area contributed by atoms with Gasteiger partial charge >= 0.3 is 0 Å². The maximum absolute atomic E-state index is 12.5. The van der Waals surface area contributed by atoms with E-state index in [2.05, 4.69) is 15.3 Å². The fourth-order valence-corrected chi connectivity index (χ4v) is 3.71. The lowest BCUT2D eigenvalue weighted by Crippen LogP contribution is -2.38. The number of nitrogens with one attached hydrogen (secondary N) is 2. The summed E-state index contributed by atoms with van der Waals surface area (Å²) in [7, 11) is 0. The number of fused-ring (bicyclic) bond motifs is 1. The molecule has 5 nitrogen and oxygen atoms in total. The smallest absolute Gasteiger partial charge is 0.270 e. The Morgan fingerprint density at radius 1 is 1.17 bits per heavy atom. The summed E-state index contributed by atoms with van der Waals surface area (Å²) in [6.45, 7) is 1.63. The van der Waals surface area contributed by atoms with E-state index < -0.39 is 0 Å². The molecule has 3 heterocycles. The van der Waals surface area contributed by atoms with E-state index in [1.807, 2.05) is 65.3 Å². The van der Waals surface area contributed by atoms with Gasteiger partial charge in [0, 0.05) is 36.2 Å². The van der Waals surface area contributed by atoms with Crippen LogP contribution in [0.15, 0.2) is 48.7 Å². The highest BCUT2D eigenvalue weighted by Crippen LogP contribution is 2.20. The third kappa shape index (κ3) is 3.10. The largest absolute Gasteiger partial charge is 0.355 e. The summed E-state index contributed by atoms with van der Waals surface area (Å²) in [5.41, 5.74) is 2.40. The number of H-pyrrole nitrogens is 1. The van der Waals surface area contributed by atoms with Gasteiger partial charge in [0.1, 0.15) is 11.5 Å². The molecule has 0 saturated carbocycles. The average molecular weight is 338 g/mol. The topological polar surface area (TPSA) is 61.0 Å². The summed E-state index contributed by atoms with van der Waals surface area (Å²) in [5, 5.41) is 4.36. The molecular formula is C18H18N4OS. The van der Waals surface area contributed by atoms with Crippen molar-refractivity contribution in [2.45, 2.75) is 0 Å². The van der Waals surface area contributed by atoms with Gasteiger partial charge in [0.05, 0.1) is 11.2 Å². The fourth-order valence-electron chi connectivity index (χ4n) is 2.81. The number of carbonyl (C=O) groups is 1. The van der Waals surface area contributed by atoms with E-state index >= 15 is 0 Å². The lowest BCUT2D eigenvalue weighted by atomic mass is 10.2. The van der Waals surface area contributed by atoms with Crippen molar-refractivity contribution >= 4 is 40.1 Å². The van der Waals surface area contributed by atoms with Crippen molar-refractivity contribution in [3.8, 4) is 0 Å². The number of amides is 1. The zero-order chi connectivity index (χ0) is 16.4. The average Bonchev–Trinajstić information content (AvgIpc) is 3.10. The van der Waals surface area contributed by atoms with Crippen LogP contribution in [0.25, 0.3) is 10.9 Å². The minimum Gasteiger partial charge on any atom is -0.355 e. The first-order valence-electron chi connectivity index (χ1n) is 7.98. The van der Waals surface area contributed by atoms with E-state index in [0.29, 0.717) is 5.69 Å². The molecule has 1 amide bonds. The summed E-state index contributed by atoms with van der Waals surface area (Å²) in [6.07, 6.45) is 1.81. The van der Waals surface area contributed by atoms with Gasteiger partial charge < -0.3 is 15.2 Å². The number of carbonyl (C=O) groups excluding carboxylic acids is 1. The summed E-state index contributed by atoms with van der Waals surface area (Å²) < 4.78 is 0. The maximum Gasteiger partial charge on any atom is 0.270 e. The molecule has 2 aromatic heterocycles. The standard InChI is InChI=1S/C18H18N4OS/c23-18(22-7-9-24-10-8-22)16-11-14(12-19-16)20-17-6-5-13-3-1-2-4-15(13)21-17/h1-6,11-12,19H,7-10H2,(H,20,21). The van der Waals surface area contributed by atoms with E-state index in [4.69, 9.17) is 0 Å². The molecule has 2 N–H and O–H groups in total. The number of anilines is 2. The zero-order valence-corrected chi connectivity index (χ0v) is 14.0. The Hall–Kier alpha value is -2.47. The molecule has 0 spiro atoms. The summed E-state index contributed by atoms with van der Waals surface area (Å²) in [4.78, 5) is 22.0.